The van der Waals surface area contributed by atoms with E-state index in [4.69, 9.17) is 4.74 Å². The van der Waals surface area contributed by atoms with E-state index in [1.165, 1.54) is 19.4 Å². The van der Waals surface area contributed by atoms with E-state index in [1.807, 2.05) is 0 Å². The Kier molecular flexibility index (Phi) is 4.11. The molecule has 3 nitrogen and oxygen atoms in total. The third kappa shape index (κ3) is 2.67. The Labute approximate surface area is 106 Å². The molecule has 2 aliphatic rings. The van der Waals surface area contributed by atoms with Crippen LogP contribution in [0.3, 0.4) is 0 Å². The molecule has 0 saturated carbocycles. The highest BCUT2D eigenvalue weighted by Gasteiger charge is 2.43. The summed E-state index contributed by atoms with van der Waals surface area (Å²) >= 11 is 0. The maximum Gasteiger partial charge on any atom is 0.0648 e. The lowest BCUT2D eigenvalue weighted by molar-refractivity contribution is -0.00553. The van der Waals surface area contributed by atoms with Crippen molar-refractivity contribution in [2.75, 3.05) is 26.3 Å². The lowest BCUT2D eigenvalue weighted by atomic mass is 9.89. The SMILES string of the molecule is CCC1CN(C2(C)CCOC2)C(C(C)C)CN1. The summed E-state index contributed by atoms with van der Waals surface area (Å²) in [6.45, 7) is 13.5. The van der Waals surface area contributed by atoms with Gasteiger partial charge in [0.25, 0.3) is 0 Å². The molecular weight excluding hydrogens is 212 g/mol. The molecule has 0 spiro atoms. The summed E-state index contributed by atoms with van der Waals surface area (Å²) in [5.74, 6) is 0.706. The summed E-state index contributed by atoms with van der Waals surface area (Å²) in [7, 11) is 0. The minimum atomic E-state index is 0.268. The first-order chi connectivity index (χ1) is 8.07. The molecule has 0 amide bonds. The molecule has 2 saturated heterocycles. The van der Waals surface area contributed by atoms with Gasteiger partial charge in [0.1, 0.15) is 0 Å². The van der Waals surface area contributed by atoms with E-state index in [9.17, 15) is 0 Å². The van der Waals surface area contributed by atoms with Gasteiger partial charge in [-0.05, 0) is 25.7 Å². The Morgan fingerprint density at radius 3 is 2.76 bits per heavy atom. The highest BCUT2D eigenvalue weighted by Crippen LogP contribution is 2.31. The summed E-state index contributed by atoms with van der Waals surface area (Å²) < 4.78 is 5.65. The molecule has 3 unspecified atom stereocenters. The van der Waals surface area contributed by atoms with Crippen molar-refractivity contribution >= 4 is 0 Å². The van der Waals surface area contributed by atoms with Crippen molar-refractivity contribution in [1.29, 1.82) is 0 Å². The molecule has 2 fully saturated rings. The summed E-state index contributed by atoms with van der Waals surface area (Å²) in [5, 5.41) is 3.69. The quantitative estimate of drug-likeness (QED) is 0.815. The number of ether oxygens (including phenoxy) is 1. The highest BCUT2D eigenvalue weighted by atomic mass is 16.5. The molecule has 17 heavy (non-hydrogen) atoms. The zero-order chi connectivity index (χ0) is 12.5. The van der Waals surface area contributed by atoms with Crippen molar-refractivity contribution in [3.05, 3.63) is 0 Å². The van der Waals surface area contributed by atoms with Gasteiger partial charge in [-0.3, -0.25) is 4.90 Å². The predicted molar refractivity (Wildman–Crippen MR) is 71.3 cm³/mol. The minimum Gasteiger partial charge on any atom is -0.379 e. The van der Waals surface area contributed by atoms with Gasteiger partial charge in [0.15, 0.2) is 0 Å². The zero-order valence-corrected chi connectivity index (χ0v) is 11.8. The van der Waals surface area contributed by atoms with Crippen LogP contribution in [0.2, 0.25) is 0 Å². The van der Waals surface area contributed by atoms with Crippen LogP contribution in [-0.4, -0.2) is 48.8 Å². The van der Waals surface area contributed by atoms with Gasteiger partial charge in [0, 0.05) is 37.3 Å². The average molecular weight is 240 g/mol. The molecule has 0 bridgehead atoms. The van der Waals surface area contributed by atoms with Crippen molar-refractivity contribution in [2.24, 2.45) is 5.92 Å². The van der Waals surface area contributed by atoms with Crippen LogP contribution >= 0.6 is 0 Å². The minimum absolute atomic E-state index is 0.268. The fourth-order valence-corrected chi connectivity index (χ4v) is 3.21. The Bertz CT molecular complexity index is 249. The molecular formula is C14H28N2O. The number of hydrogen-bond donors (Lipinski definition) is 1. The van der Waals surface area contributed by atoms with E-state index in [0.29, 0.717) is 18.0 Å². The third-order valence-corrected chi connectivity index (χ3v) is 4.59. The Hall–Kier alpha value is -0.120. The van der Waals surface area contributed by atoms with Crippen LogP contribution in [0.25, 0.3) is 0 Å². The van der Waals surface area contributed by atoms with Crippen molar-refractivity contribution in [2.45, 2.75) is 58.2 Å². The topological polar surface area (TPSA) is 24.5 Å². The largest absolute Gasteiger partial charge is 0.379 e. The van der Waals surface area contributed by atoms with Gasteiger partial charge in [-0.15, -0.1) is 0 Å². The summed E-state index contributed by atoms with van der Waals surface area (Å²) in [5.41, 5.74) is 0.268. The standard InChI is InChI=1S/C14H28N2O/c1-5-12-9-16(13(8-15-12)11(2)3)14(4)6-7-17-10-14/h11-13,15H,5-10H2,1-4H3. The van der Waals surface area contributed by atoms with Crippen molar-refractivity contribution in [3.63, 3.8) is 0 Å². The maximum absolute atomic E-state index is 5.65. The van der Waals surface area contributed by atoms with Gasteiger partial charge in [-0.25, -0.2) is 0 Å². The molecule has 100 valence electrons. The van der Waals surface area contributed by atoms with Crippen LogP contribution in [0.15, 0.2) is 0 Å². The summed E-state index contributed by atoms with van der Waals surface area (Å²) in [6, 6.07) is 1.31. The molecule has 2 rings (SSSR count). The van der Waals surface area contributed by atoms with E-state index in [-0.39, 0.29) is 5.54 Å². The van der Waals surface area contributed by atoms with Gasteiger partial charge in [0.2, 0.25) is 0 Å². The summed E-state index contributed by atoms with van der Waals surface area (Å²) in [6.07, 6.45) is 2.41. The first-order valence-corrected chi connectivity index (χ1v) is 7.14. The van der Waals surface area contributed by atoms with E-state index in [2.05, 4.69) is 37.9 Å². The Morgan fingerprint density at radius 1 is 1.47 bits per heavy atom. The van der Waals surface area contributed by atoms with Crippen LogP contribution in [0, 0.1) is 5.92 Å². The number of nitrogens with one attached hydrogen (secondary N) is 1. The van der Waals surface area contributed by atoms with Crippen LogP contribution in [-0.2, 0) is 4.74 Å². The Balaban J connectivity index is 2.12. The second-order valence-electron chi connectivity index (χ2n) is 6.28. The first kappa shape index (κ1) is 13.3. The Morgan fingerprint density at radius 2 is 2.24 bits per heavy atom. The second kappa shape index (κ2) is 5.25. The molecule has 0 aromatic rings. The fourth-order valence-electron chi connectivity index (χ4n) is 3.21. The molecule has 0 aromatic carbocycles. The van der Waals surface area contributed by atoms with Gasteiger partial charge < -0.3 is 10.1 Å². The van der Waals surface area contributed by atoms with Gasteiger partial charge in [0.05, 0.1) is 6.61 Å². The van der Waals surface area contributed by atoms with Gasteiger partial charge in [-0.1, -0.05) is 20.8 Å². The number of rotatable bonds is 3. The fraction of sp³-hybridized carbons (Fsp3) is 1.00. The number of piperazine rings is 1. The van der Waals surface area contributed by atoms with Gasteiger partial charge >= 0.3 is 0 Å². The smallest absolute Gasteiger partial charge is 0.0648 e. The summed E-state index contributed by atoms with van der Waals surface area (Å²) in [4.78, 5) is 2.73. The lowest BCUT2D eigenvalue weighted by Crippen LogP contribution is -2.65. The predicted octanol–water partition coefficient (Wildman–Crippen LogP) is 1.87. The molecule has 2 heterocycles. The lowest BCUT2D eigenvalue weighted by Gasteiger charge is -2.50. The molecule has 0 aliphatic carbocycles. The van der Waals surface area contributed by atoms with E-state index in [1.54, 1.807) is 0 Å². The van der Waals surface area contributed by atoms with Crippen LogP contribution in [0.4, 0.5) is 0 Å². The number of nitrogens with zero attached hydrogens (tertiary/aromatic N) is 1. The highest BCUT2D eigenvalue weighted by molar-refractivity contribution is 4.99. The van der Waals surface area contributed by atoms with Crippen LogP contribution in [0.5, 0.6) is 0 Å². The molecule has 3 atom stereocenters. The maximum atomic E-state index is 5.65. The molecule has 0 aromatic heterocycles. The molecule has 1 N–H and O–H groups in total. The van der Waals surface area contributed by atoms with Gasteiger partial charge in [-0.2, -0.15) is 0 Å². The molecule has 3 heteroatoms. The average Bonchev–Trinajstić information content (AvgIpc) is 2.76. The van der Waals surface area contributed by atoms with Crippen molar-refractivity contribution in [1.82, 2.24) is 10.2 Å². The number of hydrogen-bond acceptors (Lipinski definition) is 3. The van der Waals surface area contributed by atoms with E-state index >= 15 is 0 Å². The zero-order valence-electron chi connectivity index (χ0n) is 11.8. The van der Waals surface area contributed by atoms with Crippen LogP contribution in [0.1, 0.15) is 40.5 Å². The third-order valence-electron chi connectivity index (χ3n) is 4.59. The first-order valence-electron chi connectivity index (χ1n) is 7.14. The van der Waals surface area contributed by atoms with Crippen molar-refractivity contribution < 1.29 is 4.74 Å². The normalized spacial score (nSPS) is 40.1. The van der Waals surface area contributed by atoms with E-state index < -0.39 is 0 Å². The van der Waals surface area contributed by atoms with E-state index in [0.717, 1.165) is 19.8 Å². The molecule has 0 radical (unpaired) electrons. The monoisotopic (exact) mass is 240 g/mol. The van der Waals surface area contributed by atoms with Crippen LogP contribution < -0.4 is 5.32 Å². The van der Waals surface area contributed by atoms with Crippen molar-refractivity contribution in [3.8, 4) is 0 Å². The second-order valence-corrected chi connectivity index (χ2v) is 6.28. The molecule has 2 aliphatic heterocycles.